The summed E-state index contributed by atoms with van der Waals surface area (Å²) in [6.07, 6.45) is -0.310. The summed E-state index contributed by atoms with van der Waals surface area (Å²) in [4.78, 5) is 3.51. The van der Waals surface area contributed by atoms with E-state index in [2.05, 4.69) is 17.1 Å². The molecule has 1 aromatic heterocycles. The van der Waals surface area contributed by atoms with E-state index in [9.17, 15) is 5.11 Å². The predicted octanol–water partition coefficient (Wildman–Crippen LogP) is 1.32. The van der Waals surface area contributed by atoms with Crippen molar-refractivity contribution >= 4 is 11.3 Å². The minimum Gasteiger partial charge on any atom is -0.387 e. The lowest BCUT2D eigenvalue weighted by molar-refractivity contribution is 0.0868. The van der Waals surface area contributed by atoms with Gasteiger partial charge in [-0.2, -0.15) is 0 Å². The monoisotopic (exact) mass is 240 g/mol. The average Bonchev–Trinajstić information content (AvgIpc) is 2.83. The summed E-state index contributed by atoms with van der Waals surface area (Å²) in [5, 5.41) is 15.5. The normalized spacial score (nSPS) is 21.9. The van der Waals surface area contributed by atoms with E-state index in [1.807, 2.05) is 17.5 Å². The van der Waals surface area contributed by atoms with E-state index >= 15 is 0 Å². The van der Waals surface area contributed by atoms with E-state index in [1.54, 1.807) is 11.3 Å². The standard InChI is InChI=1S/C12H20N2OS/c1-10(9-14-6-4-13-5-7-14)12(15)11-3-2-8-16-11/h2-3,8,10,12-13,15H,4-7,9H2,1H3. The maximum Gasteiger partial charge on any atom is 0.0919 e. The van der Waals surface area contributed by atoms with Crippen LogP contribution in [-0.2, 0) is 0 Å². The molecule has 0 radical (unpaired) electrons. The second kappa shape index (κ2) is 5.77. The van der Waals surface area contributed by atoms with E-state index in [4.69, 9.17) is 0 Å². The molecule has 2 unspecified atom stereocenters. The van der Waals surface area contributed by atoms with Crippen LogP contribution < -0.4 is 5.32 Å². The van der Waals surface area contributed by atoms with Crippen molar-refractivity contribution in [3.8, 4) is 0 Å². The van der Waals surface area contributed by atoms with Gasteiger partial charge in [-0.1, -0.05) is 13.0 Å². The first kappa shape index (κ1) is 12.0. The van der Waals surface area contributed by atoms with Crippen molar-refractivity contribution in [1.29, 1.82) is 0 Å². The quantitative estimate of drug-likeness (QED) is 0.833. The van der Waals surface area contributed by atoms with Crippen molar-refractivity contribution in [2.24, 2.45) is 5.92 Å². The van der Waals surface area contributed by atoms with Gasteiger partial charge in [-0.05, 0) is 17.4 Å². The fourth-order valence-corrected chi connectivity index (χ4v) is 2.98. The van der Waals surface area contributed by atoms with Crippen molar-refractivity contribution in [2.75, 3.05) is 32.7 Å². The molecular weight excluding hydrogens is 220 g/mol. The van der Waals surface area contributed by atoms with Crippen molar-refractivity contribution in [1.82, 2.24) is 10.2 Å². The molecule has 3 nitrogen and oxygen atoms in total. The van der Waals surface area contributed by atoms with Crippen LogP contribution in [0.3, 0.4) is 0 Å². The lowest BCUT2D eigenvalue weighted by Gasteiger charge is -2.31. The van der Waals surface area contributed by atoms with Gasteiger partial charge in [0.25, 0.3) is 0 Å². The Balaban J connectivity index is 1.84. The molecule has 2 rings (SSSR count). The largest absolute Gasteiger partial charge is 0.387 e. The molecule has 1 aliphatic heterocycles. The van der Waals surface area contributed by atoms with Gasteiger partial charge in [0, 0.05) is 37.6 Å². The summed E-state index contributed by atoms with van der Waals surface area (Å²) in [5.74, 6) is 0.303. The van der Waals surface area contributed by atoms with E-state index in [0.29, 0.717) is 5.92 Å². The number of nitrogens with zero attached hydrogens (tertiary/aromatic N) is 1. The first-order chi connectivity index (χ1) is 7.77. The van der Waals surface area contributed by atoms with Crippen LogP contribution >= 0.6 is 11.3 Å². The molecule has 1 fully saturated rings. The Kier molecular flexibility index (Phi) is 4.35. The van der Waals surface area contributed by atoms with Gasteiger partial charge in [0.1, 0.15) is 0 Å². The zero-order valence-electron chi connectivity index (χ0n) is 9.72. The van der Waals surface area contributed by atoms with Crippen molar-refractivity contribution in [3.05, 3.63) is 22.4 Å². The zero-order chi connectivity index (χ0) is 11.4. The molecule has 1 saturated heterocycles. The highest BCUT2D eigenvalue weighted by Gasteiger charge is 2.20. The number of aliphatic hydroxyl groups excluding tert-OH is 1. The van der Waals surface area contributed by atoms with Gasteiger partial charge in [0.05, 0.1) is 6.10 Å². The molecule has 0 saturated carbocycles. The van der Waals surface area contributed by atoms with Crippen LogP contribution in [0.15, 0.2) is 17.5 Å². The number of nitrogens with one attached hydrogen (secondary N) is 1. The molecule has 1 aromatic rings. The Hall–Kier alpha value is -0.420. The van der Waals surface area contributed by atoms with E-state index in [0.717, 1.165) is 37.6 Å². The van der Waals surface area contributed by atoms with Gasteiger partial charge in [-0.25, -0.2) is 0 Å². The van der Waals surface area contributed by atoms with Crippen LogP contribution in [0.1, 0.15) is 17.9 Å². The molecule has 0 amide bonds. The third-order valence-corrected chi connectivity index (χ3v) is 4.07. The second-order valence-corrected chi connectivity index (χ2v) is 5.47. The highest BCUT2D eigenvalue weighted by atomic mass is 32.1. The molecule has 2 atom stereocenters. The van der Waals surface area contributed by atoms with Crippen LogP contribution in [-0.4, -0.2) is 42.7 Å². The Morgan fingerprint density at radius 2 is 2.25 bits per heavy atom. The van der Waals surface area contributed by atoms with Crippen molar-refractivity contribution in [3.63, 3.8) is 0 Å². The second-order valence-electron chi connectivity index (χ2n) is 4.49. The Morgan fingerprint density at radius 1 is 1.50 bits per heavy atom. The SMILES string of the molecule is CC(CN1CCNCC1)C(O)c1cccs1. The van der Waals surface area contributed by atoms with Crippen LogP contribution in [0.5, 0.6) is 0 Å². The van der Waals surface area contributed by atoms with Gasteiger partial charge in [-0.15, -0.1) is 11.3 Å². The fourth-order valence-electron chi connectivity index (χ4n) is 2.14. The lowest BCUT2D eigenvalue weighted by atomic mass is 10.0. The molecule has 16 heavy (non-hydrogen) atoms. The lowest BCUT2D eigenvalue weighted by Crippen LogP contribution is -2.45. The van der Waals surface area contributed by atoms with E-state index in [1.165, 1.54) is 0 Å². The van der Waals surface area contributed by atoms with E-state index in [-0.39, 0.29) is 6.10 Å². The highest BCUT2D eigenvalue weighted by molar-refractivity contribution is 7.10. The van der Waals surface area contributed by atoms with Gasteiger partial charge >= 0.3 is 0 Å². The summed E-state index contributed by atoms with van der Waals surface area (Å²) >= 11 is 1.64. The number of hydrogen-bond donors (Lipinski definition) is 2. The number of thiophene rings is 1. The summed E-state index contributed by atoms with van der Waals surface area (Å²) in [6.45, 7) is 7.46. The fraction of sp³-hybridized carbons (Fsp3) is 0.667. The molecule has 1 aliphatic rings. The third kappa shape index (κ3) is 3.04. The molecule has 90 valence electrons. The first-order valence-electron chi connectivity index (χ1n) is 5.92. The molecular formula is C12H20N2OS. The Bertz CT molecular complexity index is 296. The minimum atomic E-state index is -0.310. The highest BCUT2D eigenvalue weighted by Crippen LogP contribution is 2.26. The minimum absolute atomic E-state index is 0.303. The molecule has 0 spiro atoms. The Morgan fingerprint density at radius 3 is 2.88 bits per heavy atom. The smallest absolute Gasteiger partial charge is 0.0919 e. The molecule has 2 N–H and O–H groups in total. The summed E-state index contributed by atoms with van der Waals surface area (Å²) in [6, 6.07) is 4.02. The van der Waals surface area contributed by atoms with E-state index < -0.39 is 0 Å². The maximum atomic E-state index is 10.2. The van der Waals surface area contributed by atoms with Crippen LogP contribution in [0.2, 0.25) is 0 Å². The predicted molar refractivity (Wildman–Crippen MR) is 67.8 cm³/mol. The first-order valence-corrected chi connectivity index (χ1v) is 6.80. The van der Waals surface area contributed by atoms with Crippen LogP contribution in [0.25, 0.3) is 0 Å². The number of hydrogen-bond acceptors (Lipinski definition) is 4. The Labute approximate surface area is 101 Å². The molecule has 0 aromatic carbocycles. The molecule has 0 aliphatic carbocycles. The van der Waals surface area contributed by atoms with Gasteiger partial charge in [0.15, 0.2) is 0 Å². The zero-order valence-corrected chi connectivity index (χ0v) is 10.5. The summed E-state index contributed by atoms with van der Waals surface area (Å²) < 4.78 is 0. The summed E-state index contributed by atoms with van der Waals surface area (Å²) in [5.41, 5.74) is 0. The van der Waals surface area contributed by atoms with Crippen LogP contribution in [0, 0.1) is 5.92 Å². The average molecular weight is 240 g/mol. The van der Waals surface area contributed by atoms with Crippen molar-refractivity contribution < 1.29 is 5.11 Å². The maximum absolute atomic E-state index is 10.2. The number of aliphatic hydroxyl groups is 1. The topological polar surface area (TPSA) is 35.5 Å². The molecule has 2 heterocycles. The van der Waals surface area contributed by atoms with Gasteiger partial charge < -0.3 is 15.3 Å². The number of piperazine rings is 1. The van der Waals surface area contributed by atoms with Crippen LogP contribution in [0.4, 0.5) is 0 Å². The van der Waals surface area contributed by atoms with Gasteiger partial charge in [-0.3, -0.25) is 0 Å². The molecule has 0 bridgehead atoms. The van der Waals surface area contributed by atoms with Crippen molar-refractivity contribution in [2.45, 2.75) is 13.0 Å². The number of rotatable bonds is 4. The third-order valence-electron chi connectivity index (χ3n) is 3.13. The van der Waals surface area contributed by atoms with Gasteiger partial charge in [0.2, 0.25) is 0 Å². The summed E-state index contributed by atoms with van der Waals surface area (Å²) in [7, 11) is 0. The molecule has 4 heteroatoms.